The number of rotatable bonds is 3. The van der Waals surface area contributed by atoms with Crippen molar-refractivity contribution in [2.45, 2.75) is 6.92 Å². The molecule has 0 aliphatic rings. The van der Waals surface area contributed by atoms with Gasteiger partial charge in [-0.15, -0.1) is 0 Å². The van der Waals surface area contributed by atoms with Gasteiger partial charge in [0.15, 0.2) is 0 Å². The molecule has 7 heteroatoms. The van der Waals surface area contributed by atoms with E-state index in [1.165, 1.54) is 37.0 Å². The minimum atomic E-state index is -0.647. The van der Waals surface area contributed by atoms with Gasteiger partial charge < -0.3 is 9.30 Å². The Balaban J connectivity index is 2.24. The van der Waals surface area contributed by atoms with Crippen LogP contribution < -0.4 is 16.0 Å². The Kier molecular flexibility index (Phi) is 4.86. The number of carbonyl (C=O) groups is 1. The third kappa shape index (κ3) is 3.78. The van der Waals surface area contributed by atoms with Crippen molar-refractivity contribution in [1.29, 1.82) is 0 Å². The van der Waals surface area contributed by atoms with Crippen LogP contribution >= 0.6 is 11.6 Å². The molecule has 2 aromatic rings. The molecule has 0 saturated heterocycles. The van der Waals surface area contributed by atoms with E-state index in [0.717, 1.165) is 16.2 Å². The average molecular weight is 335 g/mol. The Morgan fingerprint density at radius 2 is 1.96 bits per heavy atom. The lowest BCUT2D eigenvalue weighted by Gasteiger charge is -2.06. The average Bonchev–Trinajstić information content (AvgIpc) is 2.51. The largest absolute Gasteiger partial charge is 0.423 e. The summed E-state index contributed by atoms with van der Waals surface area (Å²) >= 11 is 5.86. The van der Waals surface area contributed by atoms with Crippen LogP contribution in [0.25, 0.3) is 6.08 Å². The molecule has 120 valence electrons. The van der Waals surface area contributed by atoms with E-state index >= 15 is 0 Å². The number of esters is 1. The Labute approximate surface area is 137 Å². The van der Waals surface area contributed by atoms with Gasteiger partial charge in [-0.05, 0) is 30.7 Å². The summed E-state index contributed by atoms with van der Waals surface area (Å²) in [6.07, 6.45) is 3.80. The smallest absolute Gasteiger partial charge is 0.336 e. The normalized spacial score (nSPS) is 11.0. The maximum atomic E-state index is 11.9. The summed E-state index contributed by atoms with van der Waals surface area (Å²) in [5.74, 6) is -0.299. The number of ether oxygens (including phenoxy) is 1. The van der Waals surface area contributed by atoms with E-state index < -0.39 is 17.2 Å². The number of hydrogen-bond acceptors (Lipinski definition) is 4. The van der Waals surface area contributed by atoms with E-state index in [9.17, 15) is 14.4 Å². The number of nitrogens with zero attached hydrogens (tertiary/aromatic N) is 2. The molecular formula is C16H15ClN2O4. The lowest BCUT2D eigenvalue weighted by molar-refractivity contribution is -0.128. The predicted molar refractivity (Wildman–Crippen MR) is 87.8 cm³/mol. The first-order chi connectivity index (χ1) is 10.8. The van der Waals surface area contributed by atoms with Gasteiger partial charge in [-0.3, -0.25) is 9.36 Å². The van der Waals surface area contributed by atoms with Crippen LogP contribution in [-0.4, -0.2) is 15.1 Å². The maximum Gasteiger partial charge on any atom is 0.336 e. The third-order valence-corrected chi connectivity index (χ3v) is 3.47. The first kappa shape index (κ1) is 16.8. The molecule has 2 rings (SSSR count). The van der Waals surface area contributed by atoms with Gasteiger partial charge in [-0.25, -0.2) is 9.59 Å². The standard InChI is InChI=1S/C16H15ClN2O4/c1-10-4-6-12(17)8-13(10)23-14(20)7-5-11-9-18(2)16(22)19(3)15(11)21/h4-9H,1-3H3/b7-5+. The number of halogens is 1. The fourth-order valence-electron chi connectivity index (χ4n) is 1.93. The molecule has 0 radical (unpaired) electrons. The van der Waals surface area contributed by atoms with Crippen molar-refractivity contribution in [3.05, 3.63) is 67.5 Å². The number of aromatic nitrogens is 2. The maximum absolute atomic E-state index is 11.9. The van der Waals surface area contributed by atoms with E-state index in [4.69, 9.17) is 16.3 Å². The molecule has 0 fully saturated rings. The molecule has 0 saturated carbocycles. The Hall–Kier alpha value is -2.60. The van der Waals surface area contributed by atoms with Crippen LogP contribution in [0.15, 0.2) is 40.1 Å². The van der Waals surface area contributed by atoms with Gasteiger partial charge in [0.25, 0.3) is 5.56 Å². The molecule has 6 nitrogen and oxygen atoms in total. The Morgan fingerprint density at radius 1 is 1.26 bits per heavy atom. The molecule has 0 spiro atoms. The molecule has 0 N–H and O–H groups in total. The zero-order valence-electron chi connectivity index (χ0n) is 12.9. The summed E-state index contributed by atoms with van der Waals surface area (Å²) in [4.78, 5) is 35.4. The lowest BCUT2D eigenvalue weighted by atomic mass is 10.2. The van der Waals surface area contributed by atoms with Crippen molar-refractivity contribution in [1.82, 2.24) is 9.13 Å². The van der Waals surface area contributed by atoms with Gasteiger partial charge in [0.2, 0.25) is 0 Å². The summed E-state index contributed by atoms with van der Waals surface area (Å²) in [7, 11) is 2.89. The molecule has 0 bridgehead atoms. The second kappa shape index (κ2) is 6.66. The number of carbonyl (C=O) groups excluding carboxylic acids is 1. The van der Waals surface area contributed by atoms with Crippen LogP contribution in [-0.2, 0) is 18.9 Å². The highest BCUT2D eigenvalue weighted by atomic mass is 35.5. The molecule has 0 aliphatic carbocycles. The van der Waals surface area contributed by atoms with Crippen LogP contribution in [0.4, 0.5) is 0 Å². The molecule has 1 aromatic heterocycles. The molecule has 23 heavy (non-hydrogen) atoms. The summed E-state index contributed by atoms with van der Waals surface area (Å²) in [6, 6.07) is 4.96. The van der Waals surface area contributed by atoms with E-state index in [1.807, 2.05) is 0 Å². The Morgan fingerprint density at radius 3 is 2.65 bits per heavy atom. The molecule has 0 unspecified atom stereocenters. The molecule has 1 aromatic carbocycles. The fraction of sp³-hybridized carbons (Fsp3) is 0.188. The lowest BCUT2D eigenvalue weighted by Crippen LogP contribution is -2.37. The first-order valence-corrected chi connectivity index (χ1v) is 7.10. The van der Waals surface area contributed by atoms with Crippen molar-refractivity contribution in [2.24, 2.45) is 14.1 Å². The molecule has 0 atom stereocenters. The SMILES string of the molecule is Cc1ccc(Cl)cc1OC(=O)/C=C/c1cn(C)c(=O)n(C)c1=O. The van der Waals surface area contributed by atoms with Crippen LogP contribution in [0.2, 0.25) is 5.02 Å². The summed E-state index contributed by atoms with van der Waals surface area (Å²) in [5.41, 5.74) is 0.0314. The van der Waals surface area contributed by atoms with Gasteiger partial charge in [0.05, 0.1) is 5.56 Å². The highest BCUT2D eigenvalue weighted by Gasteiger charge is 2.07. The highest BCUT2D eigenvalue weighted by molar-refractivity contribution is 6.30. The molecule has 1 heterocycles. The second-order valence-electron chi connectivity index (χ2n) is 5.01. The Bertz CT molecular complexity index is 909. The van der Waals surface area contributed by atoms with E-state index in [2.05, 4.69) is 0 Å². The van der Waals surface area contributed by atoms with Crippen LogP contribution in [0.5, 0.6) is 5.75 Å². The van der Waals surface area contributed by atoms with E-state index in [0.29, 0.717) is 10.8 Å². The quantitative estimate of drug-likeness (QED) is 0.486. The highest BCUT2D eigenvalue weighted by Crippen LogP contribution is 2.22. The van der Waals surface area contributed by atoms with E-state index in [-0.39, 0.29) is 5.56 Å². The minimum absolute atomic E-state index is 0.203. The fourth-order valence-corrected chi connectivity index (χ4v) is 2.10. The molecule has 0 aliphatic heterocycles. The van der Waals surface area contributed by atoms with Gasteiger partial charge in [-0.2, -0.15) is 0 Å². The first-order valence-electron chi connectivity index (χ1n) is 6.72. The zero-order chi connectivity index (χ0) is 17.1. The summed E-state index contributed by atoms with van der Waals surface area (Å²) in [5, 5.41) is 0.453. The topological polar surface area (TPSA) is 70.3 Å². The third-order valence-electron chi connectivity index (χ3n) is 3.23. The van der Waals surface area contributed by atoms with Gasteiger partial charge in [0, 0.05) is 31.4 Å². The van der Waals surface area contributed by atoms with Crippen LogP contribution in [0, 0.1) is 6.92 Å². The summed E-state index contributed by atoms with van der Waals surface area (Å²) < 4.78 is 7.41. The number of aryl methyl sites for hydroxylation is 2. The van der Waals surface area contributed by atoms with Crippen LogP contribution in [0.3, 0.4) is 0 Å². The molecular weight excluding hydrogens is 320 g/mol. The summed E-state index contributed by atoms with van der Waals surface area (Å²) in [6.45, 7) is 1.78. The monoisotopic (exact) mass is 334 g/mol. The van der Waals surface area contributed by atoms with Gasteiger partial charge >= 0.3 is 11.7 Å². The van der Waals surface area contributed by atoms with Crippen molar-refractivity contribution in [3.63, 3.8) is 0 Å². The number of hydrogen-bond donors (Lipinski definition) is 0. The number of benzene rings is 1. The van der Waals surface area contributed by atoms with Crippen molar-refractivity contribution in [3.8, 4) is 5.75 Å². The minimum Gasteiger partial charge on any atom is -0.423 e. The predicted octanol–water partition coefficient (Wildman–Crippen LogP) is 1.66. The van der Waals surface area contributed by atoms with Gasteiger partial charge in [0.1, 0.15) is 5.75 Å². The zero-order valence-corrected chi connectivity index (χ0v) is 13.6. The van der Waals surface area contributed by atoms with Crippen molar-refractivity contribution < 1.29 is 9.53 Å². The van der Waals surface area contributed by atoms with Gasteiger partial charge in [-0.1, -0.05) is 17.7 Å². The van der Waals surface area contributed by atoms with Crippen LogP contribution in [0.1, 0.15) is 11.1 Å². The molecule has 0 amide bonds. The van der Waals surface area contributed by atoms with E-state index in [1.54, 1.807) is 19.1 Å². The second-order valence-corrected chi connectivity index (χ2v) is 5.44. The van der Waals surface area contributed by atoms with Crippen molar-refractivity contribution in [2.75, 3.05) is 0 Å². The van der Waals surface area contributed by atoms with Crippen molar-refractivity contribution >= 4 is 23.6 Å².